The van der Waals surface area contributed by atoms with Crippen molar-refractivity contribution in [3.8, 4) is 0 Å². The van der Waals surface area contributed by atoms with Crippen LogP contribution in [-0.4, -0.2) is 11.7 Å². The van der Waals surface area contributed by atoms with Crippen molar-refractivity contribution in [3.63, 3.8) is 0 Å². The molecule has 0 fully saturated rings. The summed E-state index contributed by atoms with van der Waals surface area (Å²) in [5.41, 5.74) is 1.74. The van der Waals surface area contributed by atoms with Gasteiger partial charge in [-0.05, 0) is 12.1 Å². The van der Waals surface area contributed by atoms with E-state index in [2.05, 4.69) is 16.4 Å². The molecule has 3 heterocycles. The van der Waals surface area contributed by atoms with E-state index >= 15 is 0 Å². The molecule has 3 aromatic rings. The SMILES string of the molecule is C1=CN(c2nccc3c2oc2ccccc23)CN1. The molecule has 0 saturated carbocycles. The Morgan fingerprint density at radius 1 is 1.17 bits per heavy atom. The molecule has 1 aliphatic rings. The summed E-state index contributed by atoms with van der Waals surface area (Å²) in [6.45, 7) is 0.725. The number of hydrogen-bond acceptors (Lipinski definition) is 4. The number of nitrogens with one attached hydrogen (secondary N) is 1. The molecule has 4 nitrogen and oxygen atoms in total. The molecule has 0 amide bonds. The lowest BCUT2D eigenvalue weighted by atomic mass is 10.2. The lowest BCUT2D eigenvalue weighted by molar-refractivity contribution is 0.665. The van der Waals surface area contributed by atoms with Gasteiger partial charge in [-0.2, -0.15) is 0 Å². The minimum atomic E-state index is 0.725. The maximum atomic E-state index is 5.93. The van der Waals surface area contributed by atoms with Crippen molar-refractivity contribution in [1.82, 2.24) is 10.3 Å². The van der Waals surface area contributed by atoms with Gasteiger partial charge in [0.05, 0.1) is 6.67 Å². The Balaban J connectivity index is 2.06. The zero-order chi connectivity index (χ0) is 11.9. The molecule has 0 atom stereocenters. The summed E-state index contributed by atoms with van der Waals surface area (Å²) in [5, 5.41) is 5.37. The first-order valence-corrected chi connectivity index (χ1v) is 5.86. The zero-order valence-electron chi connectivity index (χ0n) is 9.63. The Hall–Kier alpha value is -2.49. The Kier molecular flexibility index (Phi) is 1.85. The summed E-state index contributed by atoms with van der Waals surface area (Å²) in [7, 11) is 0. The predicted octanol–water partition coefficient (Wildman–Crippen LogP) is 2.82. The summed E-state index contributed by atoms with van der Waals surface area (Å²) in [4.78, 5) is 6.46. The number of nitrogens with zero attached hydrogens (tertiary/aromatic N) is 2. The molecule has 0 aliphatic carbocycles. The molecule has 1 aliphatic heterocycles. The van der Waals surface area contributed by atoms with Gasteiger partial charge in [0.25, 0.3) is 0 Å². The number of furan rings is 1. The summed E-state index contributed by atoms with van der Waals surface area (Å²) in [5.74, 6) is 0.852. The van der Waals surface area contributed by atoms with Gasteiger partial charge < -0.3 is 14.6 Å². The molecular formula is C14H11N3O. The van der Waals surface area contributed by atoms with Gasteiger partial charge in [0.15, 0.2) is 11.4 Å². The summed E-state index contributed by atoms with van der Waals surface area (Å²) < 4.78 is 5.93. The minimum Gasteiger partial charge on any atom is -0.452 e. The van der Waals surface area contributed by atoms with Crippen molar-refractivity contribution in [3.05, 3.63) is 48.9 Å². The monoisotopic (exact) mass is 237 g/mol. The molecule has 4 heteroatoms. The Labute approximate surface area is 104 Å². The van der Waals surface area contributed by atoms with E-state index in [9.17, 15) is 0 Å². The van der Waals surface area contributed by atoms with Crippen molar-refractivity contribution in [2.75, 3.05) is 11.6 Å². The molecule has 0 radical (unpaired) electrons. The highest BCUT2D eigenvalue weighted by atomic mass is 16.3. The smallest absolute Gasteiger partial charge is 0.178 e. The van der Waals surface area contributed by atoms with E-state index in [0.29, 0.717) is 0 Å². The highest BCUT2D eigenvalue weighted by Crippen LogP contribution is 2.33. The van der Waals surface area contributed by atoms with Crippen molar-refractivity contribution < 1.29 is 4.42 Å². The van der Waals surface area contributed by atoms with E-state index in [-0.39, 0.29) is 0 Å². The molecule has 0 saturated heterocycles. The van der Waals surface area contributed by atoms with Gasteiger partial charge >= 0.3 is 0 Å². The number of benzene rings is 1. The molecule has 1 aromatic carbocycles. The number of hydrogen-bond donors (Lipinski definition) is 1. The first-order chi connectivity index (χ1) is 8.93. The fourth-order valence-electron chi connectivity index (χ4n) is 2.33. The normalized spacial score (nSPS) is 14.6. The van der Waals surface area contributed by atoms with Crippen molar-refractivity contribution >= 4 is 27.8 Å². The molecular weight excluding hydrogens is 226 g/mol. The Bertz CT molecular complexity index is 760. The second kappa shape index (κ2) is 3.50. The van der Waals surface area contributed by atoms with E-state index < -0.39 is 0 Å². The largest absolute Gasteiger partial charge is 0.452 e. The number of para-hydroxylation sites is 1. The second-order valence-electron chi connectivity index (χ2n) is 4.26. The van der Waals surface area contributed by atoms with Crippen LogP contribution in [0.5, 0.6) is 0 Å². The molecule has 0 bridgehead atoms. The molecule has 18 heavy (non-hydrogen) atoms. The van der Waals surface area contributed by atoms with E-state index in [0.717, 1.165) is 34.4 Å². The van der Waals surface area contributed by atoms with Gasteiger partial charge in [0.2, 0.25) is 0 Å². The lowest BCUT2D eigenvalue weighted by Gasteiger charge is -2.13. The van der Waals surface area contributed by atoms with Crippen molar-refractivity contribution in [1.29, 1.82) is 0 Å². The zero-order valence-corrected chi connectivity index (χ0v) is 9.63. The maximum absolute atomic E-state index is 5.93. The van der Waals surface area contributed by atoms with E-state index in [1.807, 2.05) is 47.8 Å². The number of fused-ring (bicyclic) bond motifs is 3. The first kappa shape index (κ1) is 9.53. The maximum Gasteiger partial charge on any atom is 0.178 e. The lowest BCUT2D eigenvalue weighted by Crippen LogP contribution is -2.20. The van der Waals surface area contributed by atoms with E-state index in [4.69, 9.17) is 4.42 Å². The van der Waals surface area contributed by atoms with Crippen LogP contribution in [-0.2, 0) is 0 Å². The molecule has 4 rings (SSSR count). The van der Waals surface area contributed by atoms with Crippen LogP contribution in [0.3, 0.4) is 0 Å². The average Bonchev–Trinajstić information content (AvgIpc) is 3.05. The fraction of sp³-hybridized carbons (Fsp3) is 0.0714. The summed E-state index contributed by atoms with van der Waals surface area (Å²) >= 11 is 0. The Morgan fingerprint density at radius 2 is 2.11 bits per heavy atom. The van der Waals surface area contributed by atoms with E-state index in [1.54, 1.807) is 0 Å². The van der Waals surface area contributed by atoms with Crippen LogP contribution in [0, 0.1) is 0 Å². The fourth-order valence-corrected chi connectivity index (χ4v) is 2.33. The summed E-state index contributed by atoms with van der Waals surface area (Å²) in [6, 6.07) is 10.1. The van der Waals surface area contributed by atoms with Crippen molar-refractivity contribution in [2.45, 2.75) is 0 Å². The van der Waals surface area contributed by atoms with Gasteiger partial charge in [-0.3, -0.25) is 0 Å². The summed E-state index contributed by atoms with van der Waals surface area (Å²) in [6.07, 6.45) is 5.70. The molecule has 1 N–H and O–H groups in total. The number of anilines is 1. The average molecular weight is 237 g/mol. The third-order valence-electron chi connectivity index (χ3n) is 3.18. The van der Waals surface area contributed by atoms with Gasteiger partial charge in [-0.1, -0.05) is 18.2 Å². The van der Waals surface area contributed by atoms with Gasteiger partial charge in [-0.15, -0.1) is 0 Å². The quantitative estimate of drug-likeness (QED) is 0.706. The van der Waals surface area contributed by atoms with E-state index in [1.165, 1.54) is 0 Å². The number of pyridine rings is 1. The highest BCUT2D eigenvalue weighted by Gasteiger charge is 2.16. The standard InChI is InChI=1S/C14H11N3O/c1-2-4-12-10(3-1)11-5-6-16-14(13(11)18-12)17-8-7-15-9-17/h1-8,15H,9H2. The van der Waals surface area contributed by atoms with Crippen LogP contribution in [0.15, 0.2) is 53.3 Å². The van der Waals surface area contributed by atoms with Gasteiger partial charge in [0.1, 0.15) is 5.58 Å². The molecule has 88 valence electrons. The van der Waals surface area contributed by atoms with Crippen LogP contribution >= 0.6 is 0 Å². The van der Waals surface area contributed by atoms with Crippen LogP contribution in [0.1, 0.15) is 0 Å². The van der Waals surface area contributed by atoms with Crippen molar-refractivity contribution in [2.24, 2.45) is 0 Å². The minimum absolute atomic E-state index is 0.725. The number of aromatic nitrogens is 1. The second-order valence-corrected chi connectivity index (χ2v) is 4.26. The Morgan fingerprint density at radius 3 is 3.00 bits per heavy atom. The number of rotatable bonds is 1. The van der Waals surface area contributed by atoms with Crippen LogP contribution < -0.4 is 10.2 Å². The molecule has 0 unspecified atom stereocenters. The predicted molar refractivity (Wildman–Crippen MR) is 71.1 cm³/mol. The first-order valence-electron chi connectivity index (χ1n) is 5.86. The third kappa shape index (κ3) is 1.23. The highest BCUT2D eigenvalue weighted by molar-refractivity contribution is 6.08. The van der Waals surface area contributed by atoms with Crippen LogP contribution in [0.25, 0.3) is 21.9 Å². The van der Waals surface area contributed by atoms with Gasteiger partial charge in [-0.25, -0.2) is 4.98 Å². The van der Waals surface area contributed by atoms with Gasteiger partial charge in [0, 0.05) is 29.4 Å². The third-order valence-corrected chi connectivity index (χ3v) is 3.18. The van der Waals surface area contributed by atoms with Crippen LogP contribution in [0.4, 0.5) is 5.82 Å². The van der Waals surface area contributed by atoms with Crippen LogP contribution in [0.2, 0.25) is 0 Å². The topological polar surface area (TPSA) is 41.3 Å². The molecule has 0 spiro atoms. The molecule has 2 aromatic heterocycles.